The van der Waals surface area contributed by atoms with E-state index in [0.29, 0.717) is 23.2 Å². The minimum Gasteiger partial charge on any atom is -0.404 e. The van der Waals surface area contributed by atoms with Crippen LogP contribution in [0.4, 0.5) is 0 Å². The number of nitrogens with zero attached hydrogens (tertiary/aromatic N) is 1. The molecule has 0 radical (unpaired) electrons. The molecule has 1 aliphatic rings. The summed E-state index contributed by atoms with van der Waals surface area (Å²) in [7, 11) is 1.95. The van der Waals surface area contributed by atoms with E-state index < -0.39 is 0 Å². The lowest BCUT2D eigenvalue weighted by atomic mass is 9.98. The molecule has 26 heavy (non-hydrogen) atoms. The summed E-state index contributed by atoms with van der Waals surface area (Å²) in [5.41, 5.74) is 9.16. The molecule has 1 aliphatic heterocycles. The molecule has 1 fully saturated rings. The number of likely N-dealkylation sites (N-methyl/N-ethyl adjacent to an activating group) is 1. The summed E-state index contributed by atoms with van der Waals surface area (Å²) in [4.78, 5) is 1.99. The van der Waals surface area contributed by atoms with Crippen LogP contribution in [0.15, 0.2) is 36.6 Å². The van der Waals surface area contributed by atoms with Gasteiger partial charge >= 0.3 is 0 Å². The van der Waals surface area contributed by atoms with Crippen molar-refractivity contribution in [3.05, 3.63) is 53.2 Å². The van der Waals surface area contributed by atoms with Gasteiger partial charge in [-0.05, 0) is 56.1 Å². The number of hydrogen-bond acceptors (Lipinski definition) is 5. The van der Waals surface area contributed by atoms with E-state index in [1.54, 1.807) is 12.2 Å². The second-order valence-corrected chi connectivity index (χ2v) is 6.52. The standard InChI is InChI=1S/C20H28N6/c1-14-11-15(16(12-21)13-22)3-4-18(14)19(23)5-6-20(24)26(2)17-7-9-25-10-8-17/h3-6,11-13,17,21,23-25H,7-10,22H2,1-2H3/b6-5-,16-13+,21-12?,23-19?,24-20?. The number of nitrogens with two attached hydrogens (primary N) is 1. The van der Waals surface area contributed by atoms with E-state index >= 15 is 0 Å². The van der Waals surface area contributed by atoms with Crippen LogP contribution in [-0.2, 0) is 0 Å². The van der Waals surface area contributed by atoms with Crippen molar-refractivity contribution in [2.45, 2.75) is 25.8 Å². The summed E-state index contributed by atoms with van der Waals surface area (Å²) < 4.78 is 0. The molecule has 2 rings (SSSR count). The van der Waals surface area contributed by atoms with Gasteiger partial charge in [0.15, 0.2) is 0 Å². The minimum absolute atomic E-state index is 0.366. The van der Waals surface area contributed by atoms with E-state index in [9.17, 15) is 0 Å². The number of hydrogen-bond donors (Lipinski definition) is 5. The lowest BCUT2D eigenvalue weighted by molar-refractivity contribution is 0.289. The number of rotatable bonds is 6. The summed E-state index contributed by atoms with van der Waals surface area (Å²) in [5, 5.41) is 27.3. The fourth-order valence-electron chi connectivity index (χ4n) is 3.13. The molecular formula is C20H28N6. The van der Waals surface area contributed by atoms with Crippen LogP contribution in [0.1, 0.15) is 29.5 Å². The van der Waals surface area contributed by atoms with Crippen LogP contribution >= 0.6 is 0 Å². The average Bonchev–Trinajstić information content (AvgIpc) is 2.67. The highest BCUT2D eigenvalue weighted by Crippen LogP contribution is 2.18. The molecule has 0 unspecified atom stereocenters. The van der Waals surface area contributed by atoms with Crippen LogP contribution in [0, 0.1) is 23.2 Å². The van der Waals surface area contributed by atoms with Crippen molar-refractivity contribution >= 4 is 23.3 Å². The molecule has 1 saturated heterocycles. The second-order valence-electron chi connectivity index (χ2n) is 6.52. The Morgan fingerprint density at radius 3 is 2.50 bits per heavy atom. The van der Waals surface area contributed by atoms with Gasteiger partial charge in [-0.1, -0.05) is 18.2 Å². The maximum absolute atomic E-state index is 8.32. The predicted octanol–water partition coefficient (Wildman–Crippen LogP) is 2.53. The third kappa shape index (κ3) is 4.67. The summed E-state index contributed by atoms with van der Waals surface area (Å²) in [6, 6.07) is 6.03. The van der Waals surface area contributed by atoms with Gasteiger partial charge in [-0.3, -0.25) is 5.41 Å². The van der Waals surface area contributed by atoms with Gasteiger partial charge in [0.1, 0.15) is 5.84 Å². The zero-order chi connectivity index (χ0) is 19.1. The Labute approximate surface area is 155 Å². The first-order valence-electron chi connectivity index (χ1n) is 8.80. The predicted molar refractivity (Wildman–Crippen MR) is 109 cm³/mol. The molecule has 1 aromatic rings. The zero-order valence-corrected chi connectivity index (χ0v) is 15.5. The Morgan fingerprint density at radius 2 is 1.92 bits per heavy atom. The number of benzene rings is 1. The topological polar surface area (TPSA) is 113 Å². The van der Waals surface area contributed by atoms with Gasteiger partial charge < -0.3 is 26.8 Å². The maximum atomic E-state index is 8.32. The number of piperidine rings is 1. The Hall–Kier alpha value is -2.73. The fraction of sp³-hybridized carbons (Fsp3) is 0.350. The van der Waals surface area contributed by atoms with E-state index in [1.807, 2.05) is 37.1 Å². The number of aryl methyl sites for hydroxylation is 1. The normalized spacial score (nSPS) is 15.8. The molecule has 138 valence electrons. The highest BCUT2D eigenvalue weighted by molar-refractivity contribution is 6.11. The summed E-state index contributed by atoms with van der Waals surface area (Å²) in [6.45, 7) is 3.91. The monoisotopic (exact) mass is 352 g/mol. The Kier molecular flexibility index (Phi) is 6.86. The molecule has 0 bridgehead atoms. The molecule has 6 N–H and O–H groups in total. The molecule has 1 heterocycles. The molecule has 6 heteroatoms. The molecule has 0 atom stereocenters. The van der Waals surface area contributed by atoms with Gasteiger partial charge in [-0.2, -0.15) is 0 Å². The van der Waals surface area contributed by atoms with Crippen LogP contribution in [0.5, 0.6) is 0 Å². The minimum atomic E-state index is 0.366. The smallest absolute Gasteiger partial charge is 0.120 e. The third-order valence-electron chi connectivity index (χ3n) is 4.83. The van der Waals surface area contributed by atoms with Gasteiger partial charge in [-0.15, -0.1) is 0 Å². The molecule has 0 aliphatic carbocycles. The summed E-state index contributed by atoms with van der Waals surface area (Å²) >= 11 is 0. The largest absolute Gasteiger partial charge is 0.404 e. The Balaban J connectivity index is 2.07. The van der Waals surface area contributed by atoms with E-state index in [1.165, 1.54) is 12.4 Å². The van der Waals surface area contributed by atoms with E-state index in [2.05, 4.69) is 5.32 Å². The molecule has 1 aromatic carbocycles. The van der Waals surface area contributed by atoms with Gasteiger partial charge in [0.05, 0.1) is 5.71 Å². The first kappa shape index (κ1) is 19.6. The summed E-state index contributed by atoms with van der Waals surface area (Å²) in [5.74, 6) is 0.424. The quantitative estimate of drug-likeness (QED) is 0.400. The number of nitrogens with one attached hydrogen (secondary N) is 4. The van der Waals surface area contributed by atoms with Crippen LogP contribution < -0.4 is 11.1 Å². The Morgan fingerprint density at radius 1 is 1.23 bits per heavy atom. The lowest BCUT2D eigenvalue weighted by Crippen LogP contribution is -2.43. The fourth-order valence-corrected chi connectivity index (χ4v) is 3.13. The van der Waals surface area contributed by atoms with Crippen molar-refractivity contribution < 1.29 is 0 Å². The van der Waals surface area contributed by atoms with Crippen molar-refractivity contribution in [2.75, 3.05) is 20.1 Å². The summed E-state index contributed by atoms with van der Waals surface area (Å²) in [6.07, 6.45) is 8.07. The molecule has 0 saturated carbocycles. The zero-order valence-electron chi connectivity index (χ0n) is 15.5. The van der Waals surface area contributed by atoms with E-state index in [0.717, 1.165) is 42.6 Å². The third-order valence-corrected chi connectivity index (χ3v) is 4.83. The van der Waals surface area contributed by atoms with Crippen LogP contribution in [0.25, 0.3) is 5.57 Å². The maximum Gasteiger partial charge on any atom is 0.120 e. The first-order chi connectivity index (χ1) is 12.5. The second kappa shape index (κ2) is 9.10. The van der Waals surface area contributed by atoms with E-state index in [4.69, 9.17) is 22.0 Å². The van der Waals surface area contributed by atoms with Crippen molar-refractivity contribution in [3.8, 4) is 0 Å². The van der Waals surface area contributed by atoms with Gasteiger partial charge in [0.2, 0.25) is 0 Å². The molecular weight excluding hydrogens is 324 g/mol. The number of allylic oxidation sites excluding steroid dienone is 2. The van der Waals surface area contributed by atoms with Crippen LogP contribution in [0.3, 0.4) is 0 Å². The van der Waals surface area contributed by atoms with E-state index in [-0.39, 0.29) is 0 Å². The van der Waals surface area contributed by atoms with Gasteiger partial charge in [0, 0.05) is 36.6 Å². The SMILES string of the molecule is Cc1cc(/C(C=N)=C/N)ccc1C(=N)/C=C\C(=N)N(C)C1CCNCC1. The molecule has 6 nitrogen and oxygen atoms in total. The van der Waals surface area contributed by atoms with Crippen molar-refractivity contribution in [1.29, 1.82) is 16.2 Å². The average molecular weight is 352 g/mol. The number of amidine groups is 1. The molecule has 0 amide bonds. The van der Waals surface area contributed by atoms with Crippen LogP contribution in [0.2, 0.25) is 0 Å². The first-order valence-corrected chi connectivity index (χ1v) is 8.80. The van der Waals surface area contributed by atoms with Gasteiger partial charge in [-0.25, -0.2) is 0 Å². The Bertz CT molecular complexity index is 741. The van der Waals surface area contributed by atoms with Gasteiger partial charge in [0.25, 0.3) is 0 Å². The molecule has 0 spiro atoms. The highest BCUT2D eigenvalue weighted by Gasteiger charge is 2.18. The molecule has 0 aromatic heterocycles. The van der Waals surface area contributed by atoms with Crippen molar-refractivity contribution in [2.24, 2.45) is 5.73 Å². The van der Waals surface area contributed by atoms with Crippen molar-refractivity contribution in [3.63, 3.8) is 0 Å². The van der Waals surface area contributed by atoms with Crippen molar-refractivity contribution in [1.82, 2.24) is 10.2 Å². The van der Waals surface area contributed by atoms with Crippen LogP contribution in [-0.4, -0.2) is 48.8 Å². The lowest BCUT2D eigenvalue weighted by Gasteiger charge is -2.32. The highest BCUT2D eigenvalue weighted by atomic mass is 15.2.